The lowest BCUT2D eigenvalue weighted by molar-refractivity contribution is 0.252. The molecule has 2 aromatic rings. The molecule has 1 unspecified atom stereocenters. The molecule has 0 aliphatic heterocycles. The lowest BCUT2D eigenvalue weighted by atomic mass is 9.99. The van der Waals surface area contributed by atoms with Crippen LogP contribution in [0.3, 0.4) is 0 Å². The normalized spacial score (nSPS) is 13.4. The van der Waals surface area contributed by atoms with Crippen LogP contribution in [-0.2, 0) is 12.0 Å². The first-order chi connectivity index (χ1) is 9.90. The number of aryl methyl sites for hydroxylation is 1. The van der Waals surface area contributed by atoms with Crippen LogP contribution >= 0.6 is 11.6 Å². The molecule has 0 bridgehead atoms. The van der Waals surface area contributed by atoms with E-state index in [4.69, 9.17) is 11.6 Å². The molecule has 114 valence electrons. The fraction of sp³-hybridized carbons (Fsp3) is 0.500. The Morgan fingerprint density at radius 2 is 1.90 bits per heavy atom. The predicted molar refractivity (Wildman–Crippen MR) is 84.6 cm³/mol. The Morgan fingerprint density at radius 3 is 2.43 bits per heavy atom. The molecule has 0 saturated carbocycles. The molecule has 21 heavy (non-hydrogen) atoms. The third kappa shape index (κ3) is 4.29. The molecule has 0 aliphatic carbocycles. The largest absolute Gasteiger partial charge is 0.396 e. The van der Waals surface area contributed by atoms with Crippen LogP contribution < -0.4 is 0 Å². The maximum absolute atomic E-state index is 9.60. The van der Waals surface area contributed by atoms with Crippen LogP contribution in [-0.4, -0.2) is 26.5 Å². The monoisotopic (exact) mass is 307 g/mol. The zero-order valence-electron chi connectivity index (χ0n) is 12.8. The lowest BCUT2D eigenvalue weighted by Crippen LogP contribution is -2.22. The van der Waals surface area contributed by atoms with Gasteiger partial charge in [0.25, 0.3) is 0 Å². The summed E-state index contributed by atoms with van der Waals surface area (Å²) in [4.78, 5) is 4.35. The highest BCUT2D eigenvalue weighted by molar-refractivity contribution is 6.30. The van der Waals surface area contributed by atoms with Gasteiger partial charge in [-0.15, -0.1) is 0 Å². The number of aliphatic hydroxyl groups excluding tert-OH is 1. The molecule has 0 saturated heterocycles. The van der Waals surface area contributed by atoms with Crippen molar-refractivity contribution in [2.24, 2.45) is 0 Å². The van der Waals surface area contributed by atoms with Crippen molar-refractivity contribution < 1.29 is 5.11 Å². The van der Waals surface area contributed by atoms with Crippen molar-refractivity contribution in [3.05, 3.63) is 47.0 Å². The fourth-order valence-electron chi connectivity index (χ4n) is 2.08. The van der Waals surface area contributed by atoms with Gasteiger partial charge < -0.3 is 5.11 Å². The molecule has 0 fully saturated rings. The second-order valence-corrected chi connectivity index (χ2v) is 6.70. The van der Waals surface area contributed by atoms with Gasteiger partial charge in [-0.3, -0.25) is 0 Å². The highest BCUT2D eigenvalue weighted by Gasteiger charge is 2.19. The predicted octanol–water partition coefficient (Wildman–Crippen LogP) is 3.40. The van der Waals surface area contributed by atoms with Crippen molar-refractivity contribution in [3.8, 4) is 0 Å². The molecule has 5 heteroatoms. The van der Waals surface area contributed by atoms with Crippen LogP contribution in [0.4, 0.5) is 0 Å². The number of rotatable bonds is 5. The van der Waals surface area contributed by atoms with E-state index in [2.05, 4.69) is 30.9 Å². The molecule has 4 nitrogen and oxygen atoms in total. The quantitative estimate of drug-likeness (QED) is 0.921. The van der Waals surface area contributed by atoms with Gasteiger partial charge in [0.05, 0.1) is 12.1 Å². The zero-order chi connectivity index (χ0) is 15.5. The zero-order valence-corrected chi connectivity index (χ0v) is 13.5. The molecule has 1 heterocycles. The molecule has 0 spiro atoms. The summed E-state index contributed by atoms with van der Waals surface area (Å²) in [6.07, 6.45) is 3.42. The average molecular weight is 308 g/mol. The number of nitrogens with zero attached hydrogens (tertiary/aromatic N) is 3. The number of benzene rings is 1. The number of aromatic nitrogens is 3. The van der Waals surface area contributed by atoms with Crippen molar-refractivity contribution in [1.82, 2.24) is 14.8 Å². The highest BCUT2D eigenvalue weighted by atomic mass is 35.5. The SMILES string of the molecule is CC(C)(C)n1cnc(C(CO)CCc2ccc(Cl)cc2)n1. The van der Waals surface area contributed by atoms with Gasteiger partial charge in [0, 0.05) is 10.9 Å². The van der Waals surface area contributed by atoms with Crippen molar-refractivity contribution in [2.75, 3.05) is 6.61 Å². The van der Waals surface area contributed by atoms with Gasteiger partial charge in [-0.2, -0.15) is 5.10 Å². The molecular formula is C16H22ClN3O. The molecular weight excluding hydrogens is 286 g/mol. The summed E-state index contributed by atoms with van der Waals surface area (Å²) in [7, 11) is 0. The first-order valence-electron chi connectivity index (χ1n) is 7.17. The number of hydrogen-bond acceptors (Lipinski definition) is 3. The third-order valence-electron chi connectivity index (χ3n) is 3.48. The second-order valence-electron chi connectivity index (χ2n) is 6.26. The van der Waals surface area contributed by atoms with Crippen molar-refractivity contribution in [2.45, 2.75) is 45.1 Å². The first-order valence-corrected chi connectivity index (χ1v) is 7.55. The van der Waals surface area contributed by atoms with E-state index in [1.54, 1.807) is 6.33 Å². The maximum Gasteiger partial charge on any atom is 0.155 e. The smallest absolute Gasteiger partial charge is 0.155 e. The Morgan fingerprint density at radius 1 is 1.24 bits per heavy atom. The minimum absolute atomic E-state index is 0.0377. The highest BCUT2D eigenvalue weighted by Crippen LogP contribution is 2.21. The van der Waals surface area contributed by atoms with Crippen molar-refractivity contribution in [3.63, 3.8) is 0 Å². The summed E-state index contributed by atoms with van der Waals surface area (Å²) in [5.74, 6) is 0.672. The molecule has 0 amide bonds. The van der Waals surface area contributed by atoms with Crippen molar-refractivity contribution >= 4 is 11.6 Å². The summed E-state index contributed by atoms with van der Waals surface area (Å²) in [6.45, 7) is 6.29. The van der Waals surface area contributed by atoms with Gasteiger partial charge in [-0.05, 0) is 51.3 Å². The second kappa shape index (κ2) is 6.58. The molecule has 0 aliphatic rings. The topological polar surface area (TPSA) is 50.9 Å². The Balaban J connectivity index is 2.03. The Labute approximate surface area is 130 Å². The van der Waals surface area contributed by atoms with E-state index in [1.807, 2.05) is 28.9 Å². The maximum atomic E-state index is 9.60. The lowest BCUT2D eigenvalue weighted by Gasteiger charge is -2.18. The minimum atomic E-state index is -0.0958. The van der Waals surface area contributed by atoms with E-state index in [1.165, 1.54) is 5.56 Å². The van der Waals surface area contributed by atoms with Gasteiger partial charge in [0.2, 0.25) is 0 Å². The van der Waals surface area contributed by atoms with Crippen LogP contribution in [0.5, 0.6) is 0 Å². The minimum Gasteiger partial charge on any atom is -0.396 e. The van der Waals surface area contributed by atoms with Crippen LogP contribution in [0.25, 0.3) is 0 Å². The first kappa shape index (κ1) is 16.0. The van der Waals surface area contributed by atoms with Crippen LogP contribution in [0.2, 0.25) is 5.02 Å². The van der Waals surface area contributed by atoms with E-state index in [9.17, 15) is 5.11 Å². The average Bonchev–Trinajstić information content (AvgIpc) is 2.91. The number of halogens is 1. The van der Waals surface area contributed by atoms with Gasteiger partial charge in [0.1, 0.15) is 6.33 Å². The van der Waals surface area contributed by atoms with Gasteiger partial charge in [0.15, 0.2) is 5.82 Å². The van der Waals surface area contributed by atoms with E-state index in [0.29, 0.717) is 5.82 Å². The molecule has 1 aromatic heterocycles. The van der Waals surface area contributed by atoms with E-state index in [0.717, 1.165) is 17.9 Å². The summed E-state index contributed by atoms with van der Waals surface area (Å²) < 4.78 is 1.84. The Bertz CT molecular complexity index is 572. The van der Waals surface area contributed by atoms with E-state index in [-0.39, 0.29) is 18.1 Å². The standard InChI is InChI=1S/C16H22ClN3O/c1-16(2,3)20-11-18-15(19-20)13(10-21)7-4-12-5-8-14(17)9-6-12/h5-6,8-9,11,13,21H,4,7,10H2,1-3H3. The van der Waals surface area contributed by atoms with Crippen LogP contribution in [0, 0.1) is 0 Å². The Hall–Kier alpha value is -1.39. The van der Waals surface area contributed by atoms with Gasteiger partial charge in [-0.1, -0.05) is 23.7 Å². The van der Waals surface area contributed by atoms with Gasteiger partial charge in [-0.25, -0.2) is 9.67 Å². The number of aliphatic hydroxyl groups is 1. The molecule has 1 N–H and O–H groups in total. The van der Waals surface area contributed by atoms with Gasteiger partial charge >= 0.3 is 0 Å². The van der Waals surface area contributed by atoms with Crippen LogP contribution in [0.1, 0.15) is 44.5 Å². The molecule has 0 radical (unpaired) electrons. The van der Waals surface area contributed by atoms with Crippen LogP contribution in [0.15, 0.2) is 30.6 Å². The summed E-state index contributed by atoms with van der Waals surface area (Å²) in [5.41, 5.74) is 1.11. The third-order valence-corrected chi connectivity index (χ3v) is 3.73. The van der Waals surface area contributed by atoms with Crippen molar-refractivity contribution in [1.29, 1.82) is 0 Å². The van der Waals surface area contributed by atoms with E-state index < -0.39 is 0 Å². The number of hydrogen-bond donors (Lipinski definition) is 1. The molecule has 1 aromatic carbocycles. The molecule has 1 atom stereocenters. The summed E-state index contributed by atoms with van der Waals surface area (Å²) in [5, 5.41) is 14.8. The fourth-order valence-corrected chi connectivity index (χ4v) is 2.21. The summed E-state index contributed by atoms with van der Waals surface area (Å²) in [6, 6.07) is 7.80. The molecule has 2 rings (SSSR count). The Kier molecular flexibility index (Phi) is 5.01. The van der Waals surface area contributed by atoms with E-state index >= 15 is 0 Å². The summed E-state index contributed by atoms with van der Waals surface area (Å²) >= 11 is 5.88.